The van der Waals surface area contributed by atoms with E-state index in [0.717, 1.165) is 53.1 Å². The molecule has 1 saturated carbocycles. The van der Waals surface area contributed by atoms with E-state index in [4.69, 9.17) is 0 Å². The van der Waals surface area contributed by atoms with Gasteiger partial charge in [0.25, 0.3) is 12.0 Å². The summed E-state index contributed by atoms with van der Waals surface area (Å²) in [4.78, 5) is 17.2. The Morgan fingerprint density at radius 1 is 1.02 bits per heavy atom. The Bertz CT molecular complexity index is 1540. The molecule has 0 N–H and O–H groups in total. The average Bonchev–Trinajstić information content (AvgIpc) is 3.39. The number of aromatic nitrogens is 5. The summed E-state index contributed by atoms with van der Waals surface area (Å²) in [6.45, 7) is 3.21. The van der Waals surface area contributed by atoms with E-state index in [0.29, 0.717) is 5.56 Å². The van der Waals surface area contributed by atoms with Crippen molar-refractivity contribution >= 4 is 0 Å². The quantitative estimate of drug-likeness (QED) is 0.216. The Hall–Kier alpha value is -3.96. The molecule has 3 heterocycles. The first-order valence-electron chi connectivity index (χ1n) is 13.7. The molecule has 3 aromatic heterocycles. The van der Waals surface area contributed by atoms with Crippen molar-refractivity contribution < 1.29 is 26.3 Å². The summed E-state index contributed by atoms with van der Waals surface area (Å²) in [5.74, 6) is -0.277. The Labute approximate surface area is 239 Å². The van der Waals surface area contributed by atoms with E-state index in [1.165, 1.54) is 36.7 Å². The Kier molecular flexibility index (Phi) is 9.85. The van der Waals surface area contributed by atoms with Crippen molar-refractivity contribution in [3.8, 4) is 11.3 Å². The average molecular weight is 592 g/mol. The van der Waals surface area contributed by atoms with Crippen molar-refractivity contribution in [3.63, 3.8) is 0 Å². The van der Waals surface area contributed by atoms with Crippen LogP contribution in [0.1, 0.15) is 79.4 Å². The molecule has 0 amide bonds. The zero-order valence-electron chi connectivity index (χ0n) is 23.2. The second kappa shape index (κ2) is 13.3. The monoisotopic (exact) mass is 591 g/mol. The van der Waals surface area contributed by atoms with Gasteiger partial charge in [0.15, 0.2) is 0 Å². The van der Waals surface area contributed by atoms with E-state index in [9.17, 15) is 31.1 Å². The number of benzene rings is 1. The molecule has 0 aliphatic heterocycles. The number of aryl methyl sites for hydroxylation is 2. The third kappa shape index (κ3) is 7.27. The van der Waals surface area contributed by atoms with Crippen molar-refractivity contribution in [2.24, 2.45) is 0 Å². The molecule has 5 rings (SSSR count). The maximum absolute atomic E-state index is 13.9. The van der Waals surface area contributed by atoms with Gasteiger partial charge in [0.2, 0.25) is 0 Å². The highest BCUT2D eigenvalue weighted by molar-refractivity contribution is 5.62. The van der Waals surface area contributed by atoms with Crippen LogP contribution in [-0.4, -0.2) is 24.5 Å². The minimum Gasteiger partial charge on any atom is -0.267 e. The lowest BCUT2D eigenvalue weighted by Gasteiger charge is -2.22. The molecule has 1 fully saturated rings. The predicted molar refractivity (Wildman–Crippen MR) is 146 cm³/mol. The van der Waals surface area contributed by atoms with Crippen LogP contribution in [0.15, 0.2) is 59.7 Å². The van der Waals surface area contributed by atoms with Crippen LogP contribution in [-0.2, 0) is 19.3 Å². The smallest absolute Gasteiger partial charge is 0.267 e. The second-order valence-electron chi connectivity index (χ2n) is 10.1. The van der Waals surface area contributed by atoms with E-state index in [1.807, 2.05) is 13.0 Å². The number of alkyl halides is 5. The van der Waals surface area contributed by atoms with Gasteiger partial charge in [0.1, 0.15) is 11.5 Å². The number of rotatable bonds is 6. The van der Waals surface area contributed by atoms with Crippen LogP contribution in [0, 0.1) is 12.7 Å². The van der Waals surface area contributed by atoms with E-state index < -0.39 is 30.3 Å². The number of hydrogen-bond acceptors (Lipinski definition) is 4. The molecule has 42 heavy (non-hydrogen) atoms. The van der Waals surface area contributed by atoms with Crippen molar-refractivity contribution in [2.45, 2.75) is 77.6 Å². The van der Waals surface area contributed by atoms with Crippen LogP contribution in [0.5, 0.6) is 0 Å². The van der Waals surface area contributed by atoms with Gasteiger partial charge in [-0.1, -0.05) is 31.4 Å². The van der Waals surface area contributed by atoms with E-state index in [1.54, 1.807) is 13.0 Å². The molecule has 4 aromatic rings. The third-order valence-corrected chi connectivity index (χ3v) is 7.18. The number of halogens is 6. The van der Waals surface area contributed by atoms with Crippen LogP contribution in [0.25, 0.3) is 11.3 Å². The fourth-order valence-electron chi connectivity index (χ4n) is 5.15. The largest absolute Gasteiger partial charge is 0.418 e. The Morgan fingerprint density at radius 2 is 1.76 bits per heavy atom. The lowest BCUT2D eigenvalue weighted by molar-refractivity contribution is -0.138. The fourth-order valence-corrected chi connectivity index (χ4v) is 5.15. The van der Waals surface area contributed by atoms with Gasteiger partial charge in [-0.2, -0.15) is 23.4 Å². The zero-order valence-corrected chi connectivity index (χ0v) is 23.2. The fraction of sp³-hybridized carbons (Fsp3) is 0.400. The lowest BCUT2D eigenvalue weighted by Crippen LogP contribution is -2.30. The summed E-state index contributed by atoms with van der Waals surface area (Å²) in [6.07, 6.45) is -0.696. The van der Waals surface area contributed by atoms with Crippen molar-refractivity contribution in [3.05, 3.63) is 99.1 Å². The molecule has 1 aromatic carbocycles. The summed E-state index contributed by atoms with van der Waals surface area (Å²) >= 11 is 0. The minimum atomic E-state index is -4.66. The van der Waals surface area contributed by atoms with E-state index in [-0.39, 0.29) is 40.9 Å². The number of nitrogens with zero attached hydrogens (tertiary/aromatic N) is 5. The Morgan fingerprint density at radius 3 is 2.36 bits per heavy atom. The van der Waals surface area contributed by atoms with Gasteiger partial charge in [0.05, 0.1) is 29.7 Å². The van der Waals surface area contributed by atoms with Gasteiger partial charge in [-0.15, -0.1) is 0 Å². The van der Waals surface area contributed by atoms with Gasteiger partial charge in [-0.3, -0.25) is 14.5 Å². The molecule has 0 saturated heterocycles. The van der Waals surface area contributed by atoms with E-state index >= 15 is 0 Å². The highest BCUT2D eigenvalue weighted by atomic mass is 19.4. The summed E-state index contributed by atoms with van der Waals surface area (Å²) in [5, 5.41) is 8.22. The predicted octanol–water partition coefficient (Wildman–Crippen LogP) is 7.71. The summed E-state index contributed by atoms with van der Waals surface area (Å²) < 4.78 is 82.5. The lowest BCUT2D eigenvalue weighted by atomic mass is 9.84. The van der Waals surface area contributed by atoms with Crippen LogP contribution in [0.4, 0.5) is 26.3 Å². The molecular formula is C30H31F6N5O. The van der Waals surface area contributed by atoms with Gasteiger partial charge in [-0.25, -0.2) is 17.9 Å². The molecule has 0 atom stereocenters. The van der Waals surface area contributed by atoms with Gasteiger partial charge < -0.3 is 0 Å². The number of pyridine rings is 1. The standard InChI is InChI=1S/C23H24F5N5O.C7H7F/c1-2-32-20(21(24)25)16(12-30-32)18-11-15(14-7-4-3-5-8-14)22(34)33(31-18)13-19-17(23(26,27)28)9-6-10-29-19;1-6-3-2-4-7(8)5-6/h6,9-12,14,21H,2-5,7-8,13H2,1H3;2-5H,1H3. The summed E-state index contributed by atoms with van der Waals surface area (Å²) in [5.41, 5.74) is -0.738. The van der Waals surface area contributed by atoms with Crippen molar-refractivity contribution in [2.75, 3.05) is 0 Å². The van der Waals surface area contributed by atoms with Crippen molar-refractivity contribution in [1.82, 2.24) is 24.5 Å². The molecule has 0 unspecified atom stereocenters. The van der Waals surface area contributed by atoms with Gasteiger partial charge in [0, 0.05) is 23.9 Å². The van der Waals surface area contributed by atoms with Crippen molar-refractivity contribution in [1.29, 1.82) is 0 Å². The maximum Gasteiger partial charge on any atom is 0.418 e. The molecule has 1 aliphatic rings. The Balaban J connectivity index is 0.000000437. The SMILES string of the molecule is CCn1ncc(-c2cc(C3CCCCC3)c(=O)n(Cc3ncccc3C(F)(F)F)n2)c1C(F)F.Cc1cccc(F)c1. The minimum absolute atomic E-state index is 0.0553. The topological polar surface area (TPSA) is 65.6 Å². The third-order valence-electron chi connectivity index (χ3n) is 7.18. The summed E-state index contributed by atoms with van der Waals surface area (Å²) in [6, 6.07) is 10.1. The van der Waals surface area contributed by atoms with E-state index in [2.05, 4.69) is 15.2 Å². The molecule has 12 heteroatoms. The van der Waals surface area contributed by atoms with Gasteiger partial charge >= 0.3 is 6.18 Å². The number of hydrogen-bond donors (Lipinski definition) is 0. The molecule has 0 spiro atoms. The van der Waals surface area contributed by atoms with Gasteiger partial charge in [-0.05, 0) is 68.5 Å². The normalized spacial score (nSPS) is 14.1. The second-order valence-corrected chi connectivity index (χ2v) is 10.1. The first-order valence-corrected chi connectivity index (χ1v) is 13.7. The maximum atomic E-state index is 13.9. The first kappa shape index (κ1) is 31.0. The molecule has 224 valence electrons. The van der Waals surface area contributed by atoms with Crippen LogP contribution >= 0.6 is 0 Å². The summed E-state index contributed by atoms with van der Waals surface area (Å²) in [7, 11) is 0. The van der Waals surface area contributed by atoms with Crippen LogP contribution in [0.3, 0.4) is 0 Å². The zero-order chi connectivity index (χ0) is 30.4. The van der Waals surface area contributed by atoms with Crippen LogP contribution < -0.4 is 5.56 Å². The molecule has 0 radical (unpaired) electrons. The molecular weight excluding hydrogens is 560 g/mol. The molecule has 6 nitrogen and oxygen atoms in total. The highest BCUT2D eigenvalue weighted by Crippen LogP contribution is 2.35. The highest BCUT2D eigenvalue weighted by Gasteiger charge is 2.34. The molecule has 0 bridgehead atoms. The van der Waals surface area contributed by atoms with Crippen LogP contribution in [0.2, 0.25) is 0 Å². The molecule has 1 aliphatic carbocycles. The first-order chi connectivity index (χ1) is 20.0.